The Labute approximate surface area is 175 Å². The van der Waals surface area contributed by atoms with E-state index < -0.39 is 11.8 Å². The first-order valence-electron chi connectivity index (χ1n) is 8.55. The van der Waals surface area contributed by atoms with Gasteiger partial charge >= 0.3 is 5.97 Å². The normalized spacial score (nSPS) is 13.0. The standard InChI is InChI=1S/C20H14Cl2FNO5/c1-10-16(18(24-29-10)17-14(22)3-2-4-15(17)23)20(25)27-8-12-6-13(21)5-11-7-26-9-28-19(11)12/h2-6H,7-9H2,1H3. The number of fused-ring (bicyclic) bond motifs is 1. The van der Waals surface area contributed by atoms with Crippen LogP contribution in [0.5, 0.6) is 5.75 Å². The fourth-order valence-electron chi connectivity index (χ4n) is 3.09. The van der Waals surface area contributed by atoms with E-state index in [1.54, 1.807) is 12.1 Å². The molecule has 3 aromatic rings. The highest BCUT2D eigenvalue weighted by molar-refractivity contribution is 6.33. The number of aryl methyl sites for hydroxylation is 1. The topological polar surface area (TPSA) is 70.8 Å². The van der Waals surface area contributed by atoms with Gasteiger partial charge in [0.05, 0.1) is 17.2 Å². The number of carbonyl (C=O) groups is 1. The third kappa shape index (κ3) is 3.81. The number of ether oxygens (including phenoxy) is 3. The fraction of sp³-hybridized carbons (Fsp3) is 0.200. The quantitative estimate of drug-likeness (QED) is 0.514. The molecule has 0 radical (unpaired) electrons. The number of carbonyl (C=O) groups excluding carboxylic acids is 1. The zero-order valence-corrected chi connectivity index (χ0v) is 16.6. The maximum Gasteiger partial charge on any atom is 0.344 e. The highest BCUT2D eigenvalue weighted by Crippen LogP contribution is 2.35. The van der Waals surface area contributed by atoms with Crippen molar-refractivity contribution >= 4 is 29.2 Å². The van der Waals surface area contributed by atoms with Crippen LogP contribution in [0.4, 0.5) is 4.39 Å². The lowest BCUT2D eigenvalue weighted by Gasteiger charge is -2.21. The third-order valence-electron chi connectivity index (χ3n) is 4.38. The minimum Gasteiger partial charge on any atom is -0.467 e. The van der Waals surface area contributed by atoms with Crippen molar-refractivity contribution in [1.82, 2.24) is 5.16 Å². The smallest absolute Gasteiger partial charge is 0.344 e. The van der Waals surface area contributed by atoms with E-state index in [1.165, 1.54) is 25.1 Å². The average Bonchev–Trinajstić information content (AvgIpc) is 3.06. The SMILES string of the molecule is Cc1onc(-c2c(F)cccc2Cl)c1C(=O)OCc1cc(Cl)cc2c1OCOC2. The molecule has 4 rings (SSSR count). The number of esters is 1. The summed E-state index contributed by atoms with van der Waals surface area (Å²) in [6.07, 6.45) is 0. The first kappa shape index (κ1) is 19.7. The van der Waals surface area contributed by atoms with Crippen LogP contribution in [0.25, 0.3) is 11.3 Å². The molecule has 0 unspecified atom stereocenters. The van der Waals surface area contributed by atoms with Crippen LogP contribution in [0.2, 0.25) is 10.0 Å². The molecular formula is C20H14Cl2FNO5. The van der Waals surface area contributed by atoms with Gasteiger partial charge in [-0.25, -0.2) is 9.18 Å². The van der Waals surface area contributed by atoms with Crippen molar-refractivity contribution in [1.29, 1.82) is 0 Å². The summed E-state index contributed by atoms with van der Waals surface area (Å²) in [6.45, 7) is 1.86. The maximum absolute atomic E-state index is 14.3. The summed E-state index contributed by atoms with van der Waals surface area (Å²) in [6, 6.07) is 7.55. The van der Waals surface area contributed by atoms with Gasteiger partial charge in [0.1, 0.15) is 35.2 Å². The van der Waals surface area contributed by atoms with Crippen LogP contribution in [-0.4, -0.2) is 17.9 Å². The molecule has 0 saturated heterocycles. The van der Waals surface area contributed by atoms with Crippen LogP contribution in [0.1, 0.15) is 27.2 Å². The summed E-state index contributed by atoms with van der Waals surface area (Å²) in [5, 5.41) is 4.37. The number of nitrogens with zero attached hydrogens (tertiary/aromatic N) is 1. The second kappa shape index (κ2) is 8.02. The lowest BCUT2D eigenvalue weighted by atomic mass is 10.1. The van der Waals surface area contributed by atoms with E-state index in [-0.39, 0.29) is 41.0 Å². The Bertz CT molecular complexity index is 1080. The molecule has 29 heavy (non-hydrogen) atoms. The van der Waals surface area contributed by atoms with Gasteiger partial charge in [0.2, 0.25) is 0 Å². The maximum atomic E-state index is 14.3. The van der Waals surface area contributed by atoms with E-state index >= 15 is 0 Å². The highest BCUT2D eigenvalue weighted by atomic mass is 35.5. The van der Waals surface area contributed by atoms with Gasteiger partial charge < -0.3 is 18.7 Å². The van der Waals surface area contributed by atoms with Gasteiger partial charge in [0.25, 0.3) is 0 Å². The van der Waals surface area contributed by atoms with E-state index in [9.17, 15) is 9.18 Å². The van der Waals surface area contributed by atoms with Crippen molar-refractivity contribution in [2.45, 2.75) is 20.1 Å². The van der Waals surface area contributed by atoms with Gasteiger partial charge in [0, 0.05) is 16.1 Å². The number of hydrogen-bond acceptors (Lipinski definition) is 6. The monoisotopic (exact) mass is 437 g/mol. The van der Waals surface area contributed by atoms with Gasteiger partial charge in [-0.3, -0.25) is 0 Å². The molecule has 6 nitrogen and oxygen atoms in total. The van der Waals surface area contributed by atoms with E-state index in [0.29, 0.717) is 22.9 Å². The van der Waals surface area contributed by atoms with Crippen molar-refractivity contribution in [2.75, 3.05) is 6.79 Å². The minimum atomic E-state index is -0.737. The third-order valence-corrected chi connectivity index (χ3v) is 4.91. The summed E-state index contributed by atoms with van der Waals surface area (Å²) < 4.78 is 35.6. The van der Waals surface area contributed by atoms with E-state index in [4.69, 9.17) is 41.9 Å². The Morgan fingerprint density at radius 2 is 2.14 bits per heavy atom. The van der Waals surface area contributed by atoms with Crippen molar-refractivity contribution in [3.8, 4) is 17.0 Å². The zero-order valence-electron chi connectivity index (χ0n) is 15.1. The molecule has 150 valence electrons. The molecular weight excluding hydrogens is 424 g/mol. The minimum absolute atomic E-state index is 0.00264. The molecule has 0 saturated carbocycles. The van der Waals surface area contributed by atoms with E-state index in [1.807, 2.05) is 0 Å². The van der Waals surface area contributed by atoms with E-state index in [0.717, 1.165) is 5.56 Å². The first-order valence-corrected chi connectivity index (χ1v) is 9.31. The highest BCUT2D eigenvalue weighted by Gasteiger charge is 2.27. The van der Waals surface area contributed by atoms with Crippen LogP contribution in [-0.2, 0) is 22.7 Å². The Morgan fingerprint density at radius 1 is 1.31 bits per heavy atom. The number of rotatable bonds is 4. The molecule has 0 amide bonds. The van der Waals surface area contributed by atoms with Crippen LogP contribution in [0.3, 0.4) is 0 Å². The van der Waals surface area contributed by atoms with Gasteiger partial charge in [0.15, 0.2) is 6.79 Å². The van der Waals surface area contributed by atoms with Gasteiger partial charge in [-0.1, -0.05) is 34.4 Å². The Balaban J connectivity index is 1.63. The Morgan fingerprint density at radius 3 is 2.93 bits per heavy atom. The molecule has 2 aromatic carbocycles. The van der Waals surface area contributed by atoms with Crippen LogP contribution >= 0.6 is 23.2 Å². The van der Waals surface area contributed by atoms with E-state index in [2.05, 4.69) is 5.16 Å². The van der Waals surface area contributed by atoms with Gasteiger partial charge in [-0.05, 0) is 31.2 Å². The lowest BCUT2D eigenvalue weighted by molar-refractivity contribution is -0.0180. The van der Waals surface area contributed by atoms with Crippen molar-refractivity contribution in [3.05, 3.63) is 68.6 Å². The molecule has 0 spiro atoms. The zero-order chi connectivity index (χ0) is 20.5. The predicted octanol–water partition coefficient (Wildman–Crippen LogP) is 5.32. The van der Waals surface area contributed by atoms with Crippen molar-refractivity contribution < 1.29 is 27.9 Å². The Hall–Kier alpha value is -2.61. The molecule has 1 aliphatic rings. The number of halogens is 3. The van der Waals surface area contributed by atoms with Gasteiger partial charge in [-0.15, -0.1) is 0 Å². The molecule has 0 bridgehead atoms. The molecule has 0 fully saturated rings. The summed E-state index contributed by atoms with van der Waals surface area (Å²) in [7, 11) is 0. The number of hydrogen-bond donors (Lipinski definition) is 0. The number of benzene rings is 2. The molecule has 1 aliphatic heterocycles. The largest absolute Gasteiger partial charge is 0.467 e. The molecule has 0 N–H and O–H groups in total. The summed E-state index contributed by atoms with van der Waals surface area (Å²) in [5.74, 6) is -0.619. The summed E-state index contributed by atoms with van der Waals surface area (Å²) >= 11 is 12.2. The molecule has 0 atom stereocenters. The second-order valence-electron chi connectivity index (χ2n) is 6.30. The average molecular weight is 438 g/mol. The lowest BCUT2D eigenvalue weighted by Crippen LogP contribution is -2.14. The van der Waals surface area contributed by atoms with Crippen molar-refractivity contribution in [3.63, 3.8) is 0 Å². The Kier molecular flexibility index (Phi) is 5.45. The van der Waals surface area contributed by atoms with Crippen LogP contribution in [0.15, 0.2) is 34.9 Å². The number of aromatic nitrogens is 1. The van der Waals surface area contributed by atoms with Gasteiger partial charge in [-0.2, -0.15) is 0 Å². The molecule has 0 aliphatic carbocycles. The summed E-state index contributed by atoms with van der Waals surface area (Å²) in [5.41, 5.74) is 1.29. The molecule has 1 aromatic heterocycles. The second-order valence-corrected chi connectivity index (χ2v) is 7.14. The van der Waals surface area contributed by atoms with Crippen LogP contribution < -0.4 is 4.74 Å². The van der Waals surface area contributed by atoms with Crippen LogP contribution in [0, 0.1) is 12.7 Å². The molecule has 2 heterocycles. The first-order chi connectivity index (χ1) is 14.0. The summed E-state index contributed by atoms with van der Waals surface area (Å²) in [4.78, 5) is 12.8. The predicted molar refractivity (Wildman–Crippen MR) is 102 cm³/mol. The fourth-order valence-corrected chi connectivity index (χ4v) is 3.60. The molecule has 9 heteroatoms. The van der Waals surface area contributed by atoms with Crippen molar-refractivity contribution in [2.24, 2.45) is 0 Å².